The zero-order valence-corrected chi connectivity index (χ0v) is 4.96. The monoisotopic (exact) mass is 118 g/mol. The molecule has 0 radical (unpaired) electrons. The molecule has 0 heteroatoms. The summed E-state index contributed by atoms with van der Waals surface area (Å²) < 4.78 is 15.0. The Balaban J connectivity index is 2.62. The molecule has 0 fully saturated rings. The van der Waals surface area contributed by atoms with Gasteiger partial charge in [-0.2, -0.15) is 0 Å². The Labute approximate surface area is 57.6 Å². The molecule has 0 aromatic heterocycles. The standard InChI is InChI=1S/C9H8/c1-2-5-9-7-3-6-8(9)4-1/h1-6H,7H2/i6D,7D. The van der Waals surface area contributed by atoms with E-state index in [1.807, 2.05) is 24.3 Å². The second kappa shape index (κ2) is 1.73. The molecule has 1 unspecified atom stereocenters. The van der Waals surface area contributed by atoms with Crippen molar-refractivity contribution in [3.8, 4) is 0 Å². The zero-order chi connectivity index (χ0) is 7.84. The molecule has 44 valence electrons. The van der Waals surface area contributed by atoms with E-state index >= 15 is 0 Å². The first-order valence-electron chi connectivity index (χ1n) is 4.07. The van der Waals surface area contributed by atoms with Crippen molar-refractivity contribution in [2.45, 2.75) is 6.40 Å². The van der Waals surface area contributed by atoms with Crippen LogP contribution in [0.5, 0.6) is 0 Å². The molecule has 1 aliphatic rings. The molecule has 0 spiro atoms. The van der Waals surface area contributed by atoms with Crippen LogP contribution in [0.3, 0.4) is 0 Å². The highest BCUT2D eigenvalue weighted by Gasteiger charge is 2.00. The van der Waals surface area contributed by atoms with E-state index in [9.17, 15) is 0 Å². The molecule has 2 rings (SSSR count). The summed E-state index contributed by atoms with van der Waals surface area (Å²) in [4.78, 5) is 0. The summed E-state index contributed by atoms with van der Waals surface area (Å²) in [6.45, 7) is 0. The summed E-state index contributed by atoms with van der Waals surface area (Å²) >= 11 is 0. The molecule has 0 heterocycles. The lowest BCUT2D eigenvalue weighted by Crippen LogP contribution is -1.76. The lowest BCUT2D eigenvalue weighted by atomic mass is 10.1. The van der Waals surface area contributed by atoms with Gasteiger partial charge in [-0.3, -0.25) is 0 Å². The van der Waals surface area contributed by atoms with Crippen LogP contribution in [-0.2, 0) is 6.40 Å². The minimum absolute atomic E-state index is 0.321. The summed E-state index contributed by atoms with van der Waals surface area (Å²) in [5.41, 5.74) is 1.87. The third-order valence-corrected chi connectivity index (χ3v) is 1.46. The largest absolute Gasteiger partial charge is 0.0795 e. The highest BCUT2D eigenvalue weighted by atomic mass is 14.0. The Morgan fingerprint density at radius 2 is 2.33 bits per heavy atom. The van der Waals surface area contributed by atoms with Crippen molar-refractivity contribution in [2.75, 3.05) is 0 Å². The summed E-state index contributed by atoms with van der Waals surface area (Å²) in [7, 11) is 0. The van der Waals surface area contributed by atoms with Gasteiger partial charge in [0.15, 0.2) is 0 Å². The summed E-state index contributed by atoms with van der Waals surface area (Å²) in [5, 5.41) is 0. The Kier molecular flexibility index (Phi) is 0.616. The number of fused-ring (bicyclic) bond motifs is 1. The number of hydrogen-bond donors (Lipinski definition) is 0. The first-order chi connectivity index (χ1) is 5.29. The fraction of sp³-hybridized carbons (Fsp3) is 0.111. The van der Waals surface area contributed by atoms with Gasteiger partial charge in [0.1, 0.15) is 0 Å². The van der Waals surface area contributed by atoms with Crippen LogP contribution in [0.15, 0.2) is 30.3 Å². The molecule has 0 aliphatic heterocycles. The summed E-state index contributed by atoms with van der Waals surface area (Å²) in [5.74, 6) is 0. The van der Waals surface area contributed by atoms with Gasteiger partial charge >= 0.3 is 0 Å². The topological polar surface area (TPSA) is 0 Å². The van der Waals surface area contributed by atoms with Gasteiger partial charge in [-0.1, -0.05) is 36.4 Å². The Bertz CT molecular complexity index is 315. The molecule has 1 aromatic carbocycles. The van der Waals surface area contributed by atoms with E-state index in [0.717, 1.165) is 11.1 Å². The van der Waals surface area contributed by atoms with E-state index in [2.05, 4.69) is 0 Å². The van der Waals surface area contributed by atoms with Crippen LogP contribution in [-0.4, -0.2) is 0 Å². The maximum atomic E-state index is 7.55. The third kappa shape index (κ3) is 0.672. The second-order valence-corrected chi connectivity index (χ2v) is 2.06. The van der Waals surface area contributed by atoms with Crippen molar-refractivity contribution in [1.82, 2.24) is 0 Å². The fourth-order valence-electron chi connectivity index (χ4n) is 0.995. The molecule has 0 bridgehead atoms. The van der Waals surface area contributed by atoms with Crippen LogP contribution >= 0.6 is 0 Å². The number of benzene rings is 1. The van der Waals surface area contributed by atoms with E-state index in [1.165, 1.54) is 0 Å². The van der Waals surface area contributed by atoms with Crippen LogP contribution < -0.4 is 0 Å². The van der Waals surface area contributed by atoms with Gasteiger partial charge in [0.05, 0.1) is 1.37 Å². The third-order valence-electron chi connectivity index (χ3n) is 1.46. The van der Waals surface area contributed by atoms with Gasteiger partial charge in [0.25, 0.3) is 0 Å². The average molecular weight is 118 g/mol. The van der Waals surface area contributed by atoms with E-state index < -0.39 is 0 Å². The number of hydrogen-bond acceptors (Lipinski definition) is 0. The van der Waals surface area contributed by atoms with Crippen LogP contribution in [0.1, 0.15) is 13.9 Å². The molecular formula is C9H8. The quantitative estimate of drug-likeness (QED) is 0.490. The summed E-state index contributed by atoms with van der Waals surface area (Å²) in [6, 6.07) is 8.10. The molecular weight excluding hydrogens is 108 g/mol. The predicted molar refractivity (Wildman–Crippen MR) is 39.2 cm³/mol. The molecule has 0 N–H and O–H groups in total. The molecule has 0 nitrogen and oxygen atoms in total. The van der Waals surface area contributed by atoms with Crippen LogP contribution in [0.4, 0.5) is 0 Å². The molecule has 1 atom stereocenters. The van der Waals surface area contributed by atoms with Crippen molar-refractivity contribution in [3.05, 3.63) is 41.5 Å². The maximum absolute atomic E-state index is 7.55. The average Bonchev–Trinajstić information content (AvgIpc) is 2.30. The van der Waals surface area contributed by atoms with Crippen molar-refractivity contribution < 1.29 is 2.74 Å². The SMILES string of the molecule is [2H]C1=CC([2H])c2ccccc21. The first kappa shape index (κ1) is 3.21. The fourth-order valence-corrected chi connectivity index (χ4v) is 0.995. The smallest absolute Gasteiger partial charge is 0.0626 e. The van der Waals surface area contributed by atoms with Crippen LogP contribution in [0.2, 0.25) is 0 Å². The minimum Gasteiger partial charge on any atom is -0.0795 e. The normalized spacial score (nSPS) is 26.2. The van der Waals surface area contributed by atoms with Crippen molar-refractivity contribution in [3.63, 3.8) is 0 Å². The second-order valence-electron chi connectivity index (χ2n) is 2.06. The predicted octanol–water partition coefficient (Wildman–Crippen LogP) is 2.26. The van der Waals surface area contributed by atoms with Crippen molar-refractivity contribution in [2.24, 2.45) is 0 Å². The Morgan fingerprint density at radius 3 is 3.22 bits per heavy atom. The first-order valence-corrected chi connectivity index (χ1v) is 2.99. The van der Waals surface area contributed by atoms with E-state index in [4.69, 9.17) is 2.74 Å². The number of rotatable bonds is 0. The van der Waals surface area contributed by atoms with Gasteiger partial charge in [0.2, 0.25) is 0 Å². The van der Waals surface area contributed by atoms with Crippen LogP contribution in [0.25, 0.3) is 6.05 Å². The Morgan fingerprint density at radius 1 is 1.44 bits per heavy atom. The van der Waals surface area contributed by atoms with Gasteiger partial charge < -0.3 is 0 Å². The molecule has 0 saturated carbocycles. The van der Waals surface area contributed by atoms with Crippen molar-refractivity contribution >= 4 is 6.05 Å². The minimum atomic E-state index is -0.321. The zero-order valence-electron chi connectivity index (χ0n) is 6.96. The lowest BCUT2D eigenvalue weighted by molar-refractivity contribution is 1.31. The van der Waals surface area contributed by atoms with Gasteiger partial charge in [-0.15, -0.1) is 0 Å². The highest BCUT2D eigenvalue weighted by Crippen LogP contribution is 2.17. The van der Waals surface area contributed by atoms with Gasteiger partial charge in [-0.05, 0) is 17.5 Å². The molecule has 1 aliphatic carbocycles. The van der Waals surface area contributed by atoms with Gasteiger partial charge in [0, 0.05) is 1.37 Å². The van der Waals surface area contributed by atoms with E-state index in [-0.39, 0.29) is 6.40 Å². The van der Waals surface area contributed by atoms with Crippen LogP contribution in [0, 0.1) is 0 Å². The van der Waals surface area contributed by atoms with Crippen molar-refractivity contribution in [1.29, 1.82) is 0 Å². The lowest BCUT2D eigenvalue weighted by Gasteiger charge is -1.93. The molecule has 0 amide bonds. The van der Waals surface area contributed by atoms with E-state index in [0.29, 0.717) is 6.05 Å². The van der Waals surface area contributed by atoms with E-state index in [1.54, 1.807) is 6.08 Å². The maximum Gasteiger partial charge on any atom is 0.0626 e. The Hall–Kier alpha value is -1.04. The molecule has 9 heavy (non-hydrogen) atoms. The highest BCUT2D eigenvalue weighted by molar-refractivity contribution is 5.59. The van der Waals surface area contributed by atoms with Gasteiger partial charge in [-0.25, -0.2) is 0 Å². The molecule has 0 saturated heterocycles. The summed E-state index contributed by atoms with van der Waals surface area (Å²) in [6.07, 6.45) is 1.34. The number of allylic oxidation sites excluding steroid dienone is 1. The molecule has 1 aromatic rings.